The number of thiophene rings is 1. The van der Waals surface area contributed by atoms with Gasteiger partial charge in [-0.1, -0.05) is 13.3 Å². The average molecular weight is 309 g/mol. The summed E-state index contributed by atoms with van der Waals surface area (Å²) in [5.41, 5.74) is 0.677. The molecule has 0 aliphatic carbocycles. The minimum Gasteiger partial charge on any atom is -0.396 e. The van der Waals surface area contributed by atoms with Crippen LogP contribution in [0.25, 0.3) is 5.69 Å². The molecular formula is C13H19N5O2S. The molecule has 1 unspecified atom stereocenters. The van der Waals surface area contributed by atoms with Gasteiger partial charge in [0.25, 0.3) is 5.91 Å². The molecule has 114 valence electrons. The number of rotatable bonds is 8. The molecule has 1 amide bonds. The number of carbonyl (C=O) groups is 1. The van der Waals surface area contributed by atoms with Crippen LogP contribution < -0.4 is 5.32 Å². The minimum absolute atomic E-state index is 0.130. The summed E-state index contributed by atoms with van der Waals surface area (Å²) >= 11 is 1.36. The third kappa shape index (κ3) is 4.08. The van der Waals surface area contributed by atoms with Gasteiger partial charge in [0.1, 0.15) is 11.2 Å². The van der Waals surface area contributed by atoms with E-state index in [9.17, 15) is 4.79 Å². The lowest BCUT2D eigenvalue weighted by Gasteiger charge is -2.15. The molecular weight excluding hydrogens is 290 g/mol. The third-order valence-electron chi connectivity index (χ3n) is 3.23. The highest BCUT2D eigenvalue weighted by molar-refractivity contribution is 7.12. The Balaban J connectivity index is 1.99. The van der Waals surface area contributed by atoms with Crippen LogP contribution in [0, 0.1) is 5.92 Å². The summed E-state index contributed by atoms with van der Waals surface area (Å²) in [7, 11) is 0. The summed E-state index contributed by atoms with van der Waals surface area (Å²) in [5.74, 6) is 0.176. The van der Waals surface area contributed by atoms with Crippen LogP contribution in [-0.4, -0.2) is 44.4 Å². The first-order chi connectivity index (χ1) is 10.3. The first kappa shape index (κ1) is 15.6. The van der Waals surface area contributed by atoms with Gasteiger partial charge < -0.3 is 10.4 Å². The molecule has 0 fully saturated rings. The van der Waals surface area contributed by atoms with Crippen molar-refractivity contribution in [2.24, 2.45) is 5.92 Å². The first-order valence-electron chi connectivity index (χ1n) is 6.96. The maximum atomic E-state index is 12.3. The van der Waals surface area contributed by atoms with Gasteiger partial charge in [0, 0.05) is 13.2 Å². The number of nitrogens with one attached hydrogen (secondary N) is 1. The number of tetrazole rings is 1. The molecule has 2 aromatic heterocycles. The average Bonchev–Trinajstić information content (AvgIpc) is 3.14. The molecule has 0 saturated heterocycles. The molecule has 21 heavy (non-hydrogen) atoms. The lowest BCUT2D eigenvalue weighted by atomic mass is 10.0. The van der Waals surface area contributed by atoms with Crippen LogP contribution in [0.5, 0.6) is 0 Å². The van der Waals surface area contributed by atoms with Crippen molar-refractivity contribution in [2.45, 2.75) is 26.2 Å². The van der Waals surface area contributed by atoms with Crippen molar-refractivity contribution in [3.8, 4) is 5.69 Å². The Morgan fingerprint density at radius 1 is 1.52 bits per heavy atom. The predicted molar refractivity (Wildman–Crippen MR) is 79.5 cm³/mol. The molecule has 0 bridgehead atoms. The van der Waals surface area contributed by atoms with Crippen molar-refractivity contribution in [1.82, 2.24) is 25.5 Å². The second kappa shape index (κ2) is 7.84. The lowest BCUT2D eigenvalue weighted by molar-refractivity contribution is 0.0947. The van der Waals surface area contributed by atoms with E-state index in [1.165, 1.54) is 22.3 Å². The van der Waals surface area contributed by atoms with Gasteiger partial charge in [0.05, 0.1) is 5.69 Å². The van der Waals surface area contributed by atoms with E-state index in [1.54, 1.807) is 0 Å². The molecule has 2 N–H and O–H groups in total. The lowest BCUT2D eigenvalue weighted by Crippen LogP contribution is -2.29. The largest absolute Gasteiger partial charge is 0.396 e. The fraction of sp³-hybridized carbons (Fsp3) is 0.538. The summed E-state index contributed by atoms with van der Waals surface area (Å²) in [6, 6.07) is 1.81. The van der Waals surface area contributed by atoms with E-state index in [-0.39, 0.29) is 12.5 Å². The molecule has 7 nitrogen and oxygen atoms in total. The summed E-state index contributed by atoms with van der Waals surface area (Å²) in [6.45, 7) is 2.82. The van der Waals surface area contributed by atoms with Crippen LogP contribution in [-0.2, 0) is 0 Å². The zero-order valence-electron chi connectivity index (χ0n) is 11.9. The van der Waals surface area contributed by atoms with E-state index < -0.39 is 0 Å². The van der Waals surface area contributed by atoms with E-state index in [4.69, 9.17) is 5.11 Å². The van der Waals surface area contributed by atoms with E-state index in [1.807, 2.05) is 11.4 Å². The van der Waals surface area contributed by atoms with Crippen LogP contribution in [0.15, 0.2) is 17.8 Å². The summed E-state index contributed by atoms with van der Waals surface area (Å²) in [5, 5.41) is 24.8. The van der Waals surface area contributed by atoms with Gasteiger partial charge >= 0.3 is 0 Å². The summed E-state index contributed by atoms with van der Waals surface area (Å²) in [6.07, 6.45) is 4.20. The van der Waals surface area contributed by atoms with Gasteiger partial charge in [-0.3, -0.25) is 4.79 Å². The molecule has 2 aromatic rings. The zero-order chi connectivity index (χ0) is 15.1. The Bertz CT molecular complexity index is 549. The SMILES string of the molecule is CCCC(CCO)CNC(=O)c1sccc1-n1cnnn1. The van der Waals surface area contributed by atoms with Crippen molar-refractivity contribution in [2.75, 3.05) is 13.2 Å². The molecule has 0 aromatic carbocycles. The highest BCUT2D eigenvalue weighted by atomic mass is 32.1. The Kier molecular flexibility index (Phi) is 5.82. The Labute approximate surface area is 127 Å². The molecule has 2 heterocycles. The molecule has 0 radical (unpaired) electrons. The smallest absolute Gasteiger partial charge is 0.263 e. The van der Waals surface area contributed by atoms with Crippen molar-refractivity contribution >= 4 is 17.2 Å². The summed E-state index contributed by atoms with van der Waals surface area (Å²) < 4.78 is 1.47. The Hall–Kier alpha value is -1.80. The van der Waals surface area contributed by atoms with E-state index in [2.05, 4.69) is 27.8 Å². The van der Waals surface area contributed by atoms with Gasteiger partial charge in [-0.15, -0.1) is 16.4 Å². The maximum Gasteiger partial charge on any atom is 0.263 e. The highest BCUT2D eigenvalue weighted by Gasteiger charge is 2.17. The van der Waals surface area contributed by atoms with Gasteiger partial charge in [-0.25, -0.2) is 0 Å². The van der Waals surface area contributed by atoms with Crippen LogP contribution >= 0.6 is 11.3 Å². The quantitative estimate of drug-likeness (QED) is 0.765. The molecule has 1 atom stereocenters. The predicted octanol–water partition coefficient (Wildman–Crippen LogP) is 1.25. The van der Waals surface area contributed by atoms with Gasteiger partial charge in [-0.05, 0) is 40.6 Å². The molecule has 8 heteroatoms. The molecule has 0 aliphatic rings. The van der Waals surface area contributed by atoms with Crippen molar-refractivity contribution in [3.63, 3.8) is 0 Å². The molecule has 2 rings (SSSR count). The topological polar surface area (TPSA) is 92.9 Å². The fourth-order valence-electron chi connectivity index (χ4n) is 2.18. The first-order valence-corrected chi connectivity index (χ1v) is 7.84. The number of nitrogens with zero attached hydrogens (tertiary/aromatic N) is 4. The van der Waals surface area contributed by atoms with Crippen molar-refractivity contribution < 1.29 is 9.90 Å². The third-order valence-corrected chi connectivity index (χ3v) is 4.13. The van der Waals surface area contributed by atoms with Crippen LogP contribution in [0.1, 0.15) is 35.9 Å². The molecule has 0 aliphatic heterocycles. The highest BCUT2D eigenvalue weighted by Crippen LogP contribution is 2.20. The Morgan fingerprint density at radius 3 is 3.05 bits per heavy atom. The number of hydrogen-bond acceptors (Lipinski definition) is 6. The molecule has 0 spiro atoms. The van der Waals surface area contributed by atoms with E-state index in [0.717, 1.165) is 12.8 Å². The number of aliphatic hydroxyl groups is 1. The van der Waals surface area contributed by atoms with Gasteiger partial charge in [0.15, 0.2) is 0 Å². The van der Waals surface area contributed by atoms with Crippen LogP contribution in [0.3, 0.4) is 0 Å². The Morgan fingerprint density at radius 2 is 2.38 bits per heavy atom. The van der Waals surface area contributed by atoms with Crippen molar-refractivity contribution in [3.05, 3.63) is 22.7 Å². The summed E-state index contributed by atoms with van der Waals surface area (Å²) in [4.78, 5) is 12.9. The van der Waals surface area contributed by atoms with E-state index in [0.29, 0.717) is 29.4 Å². The second-order valence-corrected chi connectivity index (χ2v) is 5.68. The maximum absolute atomic E-state index is 12.3. The number of aromatic nitrogens is 4. The normalized spacial score (nSPS) is 12.3. The van der Waals surface area contributed by atoms with Gasteiger partial charge in [0.2, 0.25) is 0 Å². The zero-order valence-corrected chi connectivity index (χ0v) is 12.7. The van der Waals surface area contributed by atoms with Crippen molar-refractivity contribution in [1.29, 1.82) is 0 Å². The monoisotopic (exact) mass is 309 g/mol. The van der Waals surface area contributed by atoms with Gasteiger partial charge in [-0.2, -0.15) is 4.68 Å². The van der Waals surface area contributed by atoms with Crippen LogP contribution in [0.2, 0.25) is 0 Å². The number of carbonyl (C=O) groups excluding carboxylic acids is 1. The van der Waals surface area contributed by atoms with Crippen LogP contribution in [0.4, 0.5) is 0 Å². The van der Waals surface area contributed by atoms with E-state index >= 15 is 0 Å². The second-order valence-electron chi connectivity index (χ2n) is 4.77. The minimum atomic E-state index is -0.130. The fourth-order valence-corrected chi connectivity index (χ4v) is 2.98. The standard InChI is InChI=1S/C13H19N5O2S/c1-2-3-10(4-6-19)8-14-13(20)12-11(5-7-21-12)18-9-15-16-17-18/h5,7,9-10,19H,2-4,6,8H2,1H3,(H,14,20). The number of hydrogen-bond donors (Lipinski definition) is 2. The molecule has 0 saturated carbocycles. The number of amides is 1. The number of aliphatic hydroxyl groups excluding tert-OH is 1.